The summed E-state index contributed by atoms with van der Waals surface area (Å²) in [6.45, 7) is -0.623. The van der Waals surface area contributed by atoms with Crippen molar-refractivity contribution in [2.24, 2.45) is 0 Å². The molecule has 0 bridgehead atoms. The van der Waals surface area contributed by atoms with Crippen molar-refractivity contribution in [2.45, 2.75) is 49.3 Å². The molecule has 4 rings (SSSR count). The predicted molar refractivity (Wildman–Crippen MR) is 105 cm³/mol. The van der Waals surface area contributed by atoms with Gasteiger partial charge in [0.25, 0.3) is 0 Å². The van der Waals surface area contributed by atoms with E-state index >= 15 is 0 Å². The van der Waals surface area contributed by atoms with Gasteiger partial charge in [-0.3, -0.25) is 0 Å². The highest BCUT2D eigenvalue weighted by Crippen LogP contribution is 2.43. The molecule has 0 spiro atoms. The van der Waals surface area contributed by atoms with Gasteiger partial charge in [0.15, 0.2) is 11.5 Å². The van der Waals surface area contributed by atoms with E-state index in [1.807, 2.05) is 0 Å². The van der Waals surface area contributed by atoms with E-state index in [0.717, 1.165) is 0 Å². The first-order chi connectivity index (χ1) is 15.2. The van der Waals surface area contributed by atoms with Crippen molar-refractivity contribution in [2.75, 3.05) is 6.61 Å². The first-order valence-electron chi connectivity index (χ1n) is 9.89. The van der Waals surface area contributed by atoms with Gasteiger partial charge in [-0.1, -0.05) is 6.07 Å². The lowest BCUT2D eigenvalue weighted by Crippen LogP contribution is -2.60. The van der Waals surface area contributed by atoms with Crippen molar-refractivity contribution in [3.8, 4) is 28.7 Å². The monoisotopic (exact) mass is 452 g/mol. The molecule has 0 aliphatic carbocycles. The van der Waals surface area contributed by atoms with Crippen LogP contribution >= 0.6 is 0 Å². The van der Waals surface area contributed by atoms with E-state index in [4.69, 9.17) is 14.2 Å². The summed E-state index contributed by atoms with van der Waals surface area (Å²) in [6, 6.07) is 6.58. The van der Waals surface area contributed by atoms with Crippen molar-refractivity contribution >= 4 is 0 Å². The zero-order chi connectivity index (χ0) is 23.2. The van der Waals surface area contributed by atoms with Crippen LogP contribution in [-0.2, 0) is 11.2 Å². The summed E-state index contributed by atoms with van der Waals surface area (Å²) < 4.78 is 16.7. The average Bonchev–Trinajstić information content (AvgIpc) is 2.76. The highest BCUT2D eigenvalue weighted by molar-refractivity contribution is 5.52. The smallest absolute Gasteiger partial charge is 0.229 e. The number of aromatic hydroxyl groups is 3. The maximum absolute atomic E-state index is 10.5. The van der Waals surface area contributed by atoms with Crippen molar-refractivity contribution in [3.05, 3.63) is 41.5 Å². The second-order valence-electron chi connectivity index (χ2n) is 7.79. The lowest BCUT2D eigenvalue weighted by Gasteiger charge is -2.39. The van der Waals surface area contributed by atoms with Crippen LogP contribution in [0.5, 0.6) is 28.7 Å². The fourth-order valence-corrected chi connectivity index (χ4v) is 3.82. The molecule has 0 unspecified atom stereocenters. The number of phenols is 3. The Bertz CT molecular complexity index is 978. The largest absolute Gasteiger partial charge is 0.507 e. The normalized spacial score (nSPS) is 32.1. The van der Waals surface area contributed by atoms with E-state index in [1.165, 1.54) is 30.3 Å². The Morgan fingerprint density at radius 3 is 2.31 bits per heavy atom. The minimum atomic E-state index is -1.64. The van der Waals surface area contributed by atoms with Gasteiger partial charge in [0.1, 0.15) is 47.8 Å². The number of phenolic OH excluding ortho intramolecular Hbond substituents is 3. The zero-order valence-corrected chi connectivity index (χ0v) is 16.6. The third-order valence-corrected chi connectivity index (χ3v) is 5.60. The van der Waals surface area contributed by atoms with Gasteiger partial charge in [-0.25, -0.2) is 0 Å². The van der Waals surface area contributed by atoms with Gasteiger partial charge >= 0.3 is 0 Å². The van der Waals surface area contributed by atoms with Crippen LogP contribution in [0.25, 0.3) is 0 Å². The van der Waals surface area contributed by atoms with Gasteiger partial charge in [0, 0.05) is 24.1 Å². The van der Waals surface area contributed by atoms with Crippen LogP contribution in [0.4, 0.5) is 0 Å². The fraction of sp³-hybridized carbons (Fsp3) is 0.429. The van der Waals surface area contributed by atoms with E-state index in [9.17, 15) is 40.9 Å². The number of hydrogen-bond donors (Lipinski definition) is 8. The second kappa shape index (κ2) is 8.62. The first-order valence-corrected chi connectivity index (χ1v) is 9.89. The molecule has 2 aromatic carbocycles. The second-order valence-corrected chi connectivity index (χ2v) is 7.79. The molecule has 0 amide bonds. The first kappa shape index (κ1) is 22.4. The van der Waals surface area contributed by atoms with Crippen LogP contribution in [0.2, 0.25) is 0 Å². The molecule has 2 heterocycles. The minimum Gasteiger partial charge on any atom is -0.507 e. The van der Waals surface area contributed by atoms with E-state index in [2.05, 4.69) is 0 Å². The fourth-order valence-electron chi connectivity index (χ4n) is 3.82. The number of benzene rings is 2. The molecule has 11 nitrogen and oxygen atoms in total. The number of aliphatic hydroxyl groups excluding tert-OH is 5. The van der Waals surface area contributed by atoms with Gasteiger partial charge in [0.05, 0.1) is 12.7 Å². The molecular formula is C21H24O11. The Labute approximate surface area is 181 Å². The van der Waals surface area contributed by atoms with Gasteiger partial charge in [-0.2, -0.15) is 0 Å². The lowest BCUT2D eigenvalue weighted by atomic mass is 9.94. The molecule has 1 saturated heterocycles. The maximum Gasteiger partial charge on any atom is 0.229 e. The molecule has 2 aromatic rings. The van der Waals surface area contributed by atoms with Crippen LogP contribution in [0, 0.1) is 0 Å². The molecule has 32 heavy (non-hydrogen) atoms. The molecule has 2 aliphatic rings. The van der Waals surface area contributed by atoms with Crippen molar-refractivity contribution < 1.29 is 55.1 Å². The molecule has 8 N–H and O–H groups in total. The standard InChI is InChI=1S/C21H24O11/c22-7-16-17(27)18(28)19(29)21(32-16)30-9-4-12(24)10-6-14(26)20(31-15(10)5-9)8-1-2-11(23)13(25)3-8/h1-5,14,16-29H,6-7H2/t14-,16-,17-,18+,19-,20-,21+/m1/s1. The highest BCUT2D eigenvalue weighted by Gasteiger charge is 2.45. The summed E-state index contributed by atoms with van der Waals surface area (Å²) in [7, 11) is 0. The topological polar surface area (TPSA) is 190 Å². The molecule has 0 aromatic heterocycles. The predicted octanol–water partition coefficient (Wildman–Crippen LogP) is -0.981. The van der Waals surface area contributed by atoms with E-state index in [0.29, 0.717) is 11.1 Å². The molecule has 11 heteroatoms. The van der Waals surface area contributed by atoms with Gasteiger partial charge in [-0.05, 0) is 17.7 Å². The third-order valence-electron chi connectivity index (χ3n) is 5.60. The highest BCUT2D eigenvalue weighted by atomic mass is 16.7. The van der Waals surface area contributed by atoms with E-state index < -0.39 is 49.5 Å². The third kappa shape index (κ3) is 4.01. The summed E-state index contributed by atoms with van der Waals surface area (Å²) in [5, 5.41) is 79.4. The number of ether oxygens (including phenoxy) is 3. The Morgan fingerprint density at radius 2 is 1.62 bits per heavy atom. The number of hydrogen-bond acceptors (Lipinski definition) is 11. The molecule has 7 atom stereocenters. The Morgan fingerprint density at radius 1 is 0.875 bits per heavy atom. The number of fused-ring (bicyclic) bond motifs is 1. The molecule has 174 valence electrons. The van der Waals surface area contributed by atoms with Gasteiger partial charge in [0.2, 0.25) is 6.29 Å². The van der Waals surface area contributed by atoms with Crippen LogP contribution in [-0.4, -0.2) is 84.3 Å². The van der Waals surface area contributed by atoms with Crippen LogP contribution in [0.15, 0.2) is 30.3 Å². The van der Waals surface area contributed by atoms with Gasteiger partial charge < -0.3 is 55.1 Å². The molecule has 0 radical (unpaired) electrons. The van der Waals surface area contributed by atoms with E-state index in [1.54, 1.807) is 0 Å². The Hall–Kier alpha value is -2.80. The number of aliphatic hydroxyl groups is 5. The summed E-state index contributed by atoms with van der Waals surface area (Å²) in [5.41, 5.74) is 0.691. The number of rotatable bonds is 4. The minimum absolute atomic E-state index is 0.00530. The molecule has 1 fully saturated rings. The van der Waals surface area contributed by atoms with Crippen LogP contribution in [0.1, 0.15) is 17.2 Å². The molecular weight excluding hydrogens is 428 g/mol. The van der Waals surface area contributed by atoms with Gasteiger partial charge in [-0.15, -0.1) is 0 Å². The lowest BCUT2D eigenvalue weighted by molar-refractivity contribution is -0.277. The van der Waals surface area contributed by atoms with E-state index in [-0.39, 0.29) is 35.2 Å². The molecule has 0 saturated carbocycles. The summed E-state index contributed by atoms with van der Waals surface area (Å²) in [5.74, 6) is -0.811. The van der Waals surface area contributed by atoms with Crippen molar-refractivity contribution in [3.63, 3.8) is 0 Å². The van der Waals surface area contributed by atoms with Crippen molar-refractivity contribution in [1.29, 1.82) is 0 Å². The SMILES string of the molecule is OC[C@H]1O[C@H](Oc2cc(O)c3c(c2)O[C@H](c2ccc(O)c(O)c2)[C@H](O)C3)[C@H](O)[C@@H](O)[C@@H]1O. The maximum atomic E-state index is 10.5. The summed E-state index contributed by atoms with van der Waals surface area (Å²) in [4.78, 5) is 0. The zero-order valence-electron chi connectivity index (χ0n) is 16.6. The average molecular weight is 452 g/mol. The van der Waals surface area contributed by atoms with Crippen LogP contribution < -0.4 is 9.47 Å². The van der Waals surface area contributed by atoms with Crippen LogP contribution in [0.3, 0.4) is 0 Å². The quantitative estimate of drug-likeness (QED) is 0.266. The Balaban J connectivity index is 1.59. The van der Waals surface area contributed by atoms with Crippen molar-refractivity contribution in [1.82, 2.24) is 0 Å². The Kier molecular flexibility index (Phi) is 6.03. The summed E-state index contributed by atoms with van der Waals surface area (Å²) in [6.07, 6.45) is -9.39. The molecule has 2 aliphatic heterocycles. The summed E-state index contributed by atoms with van der Waals surface area (Å²) >= 11 is 0.